The lowest BCUT2D eigenvalue weighted by Gasteiger charge is -2.05. The summed E-state index contributed by atoms with van der Waals surface area (Å²) in [7, 11) is 0. The Morgan fingerprint density at radius 1 is 1.79 bits per heavy atom. The number of hydrogen-bond donors (Lipinski definition) is 2. The van der Waals surface area contributed by atoms with Crippen LogP contribution in [0, 0.1) is 11.3 Å². The Hall–Kier alpha value is -1.80. The number of nitrogens with zero attached hydrogens (tertiary/aromatic N) is 2. The Morgan fingerprint density at radius 2 is 2.50 bits per heavy atom. The van der Waals surface area contributed by atoms with Gasteiger partial charge in [0.2, 0.25) is 5.91 Å². The molecule has 0 saturated heterocycles. The maximum absolute atomic E-state index is 11.0. The largest absolute Gasteiger partial charge is 0.397 e. The van der Waals surface area contributed by atoms with Crippen molar-refractivity contribution in [1.82, 2.24) is 4.98 Å². The van der Waals surface area contributed by atoms with Gasteiger partial charge in [-0.3, -0.25) is 4.79 Å². The van der Waals surface area contributed by atoms with Gasteiger partial charge in [-0.25, -0.2) is 4.98 Å². The fourth-order valence-corrected chi connectivity index (χ4v) is 0.981. The van der Waals surface area contributed by atoms with Crippen LogP contribution in [0.4, 0.5) is 11.4 Å². The first kappa shape index (κ1) is 10.3. The van der Waals surface area contributed by atoms with Crippen molar-refractivity contribution >= 4 is 28.9 Å². The highest BCUT2D eigenvalue weighted by atomic mass is 35.5. The molecule has 0 aliphatic rings. The number of carbonyl (C=O) groups excluding carboxylic acids is 1. The molecule has 0 saturated carbocycles. The number of hydrogen-bond acceptors (Lipinski definition) is 4. The van der Waals surface area contributed by atoms with Crippen LogP contribution in [0.2, 0.25) is 5.15 Å². The molecule has 1 aromatic rings. The number of rotatable bonds is 2. The highest BCUT2D eigenvalue weighted by molar-refractivity contribution is 6.29. The molecule has 0 aliphatic carbocycles. The monoisotopic (exact) mass is 210 g/mol. The minimum atomic E-state index is -0.427. The summed E-state index contributed by atoms with van der Waals surface area (Å²) >= 11 is 5.56. The van der Waals surface area contributed by atoms with Crippen LogP contribution in [0.15, 0.2) is 12.3 Å². The summed E-state index contributed by atoms with van der Waals surface area (Å²) in [6, 6.07) is 3.14. The molecular formula is C8H7ClN4O. The van der Waals surface area contributed by atoms with Crippen molar-refractivity contribution in [3.63, 3.8) is 0 Å². The molecule has 0 aliphatic heterocycles. The molecule has 0 fully saturated rings. The third kappa shape index (κ3) is 2.61. The maximum Gasteiger partial charge on any atom is 0.238 e. The Bertz CT molecular complexity index is 399. The highest BCUT2D eigenvalue weighted by Gasteiger charge is 2.05. The summed E-state index contributed by atoms with van der Waals surface area (Å²) in [4.78, 5) is 14.7. The van der Waals surface area contributed by atoms with E-state index in [2.05, 4.69) is 10.3 Å². The Balaban J connectivity index is 2.78. The van der Waals surface area contributed by atoms with E-state index in [1.807, 2.05) is 0 Å². The minimum Gasteiger partial charge on any atom is -0.397 e. The van der Waals surface area contributed by atoms with E-state index in [0.29, 0.717) is 11.4 Å². The van der Waals surface area contributed by atoms with Gasteiger partial charge in [0.15, 0.2) is 0 Å². The summed E-state index contributed by atoms with van der Waals surface area (Å²) < 4.78 is 0. The molecule has 1 heterocycles. The lowest BCUT2D eigenvalue weighted by atomic mass is 10.3. The lowest BCUT2D eigenvalue weighted by molar-refractivity contribution is -0.115. The summed E-state index contributed by atoms with van der Waals surface area (Å²) in [5.41, 5.74) is 6.22. The second-order valence-electron chi connectivity index (χ2n) is 2.48. The molecule has 0 unspecified atom stereocenters. The third-order valence-corrected chi connectivity index (χ3v) is 1.62. The van der Waals surface area contributed by atoms with Gasteiger partial charge in [-0.2, -0.15) is 5.26 Å². The smallest absolute Gasteiger partial charge is 0.238 e. The Labute approximate surface area is 85.5 Å². The van der Waals surface area contributed by atoms with E-state index in [4.69, 9.17) is 22.6 Å². The normalized spacial score (nSPS) is 9.14. The van der Waals surface area contributed by atoms with Crippen LogP contribution < -0.4 is 11.1 Å². The van der Waals surface area contributed by atoms with Crippen LogP contribution in [-0.4, -0.2) is 10.9 Å². The van der Waals surface area contributed by atoms with Crippen molar-refractivity contribution in [2.75, 3.05) is 11.1 Å². The molecule has 6 heteroatoms. The number of nitrogen functional groups attached to an aromatic ring is 1. The average molecular weight is 211 g/mol. The maximum atomic E-state index is 11.0. The molecule has 72 valence electrons. The average Bonchev–Trinajstić information content (AvgIpc) is 2.10. The standard InChI is InChI=1S/C8H7ClN4O/c9-7-3-5(11)6(4-12-7)13-8(14)1-2-10/h3-4H,1H2,(H2,11,12)(H,13,14). The molecule has 1 rings (SSSR count). The highest BCUT2D eigenvalue weighted by Crippen LogP contribution is 2.19. The molecular weight excluding hydrogens is 204 g/mol. The molecule has 0 bridgehead atoms. The number of amides is 1. The van der Waals surface area contributed by atoms with E-state index < -0.39 is 5.91 Å². The van der Waals surface area contributed by atoms with Crippen LogP contribution in [0.25, 0.3) is 0 Å². The predicted octanol–water partition coefficient (Wildman–Crippen LogP) is 1.17. The fourth-order valence-electron chi connectivity index (χ4n) is 0.815. The minimum absolute atomic E-state index is 0.220. The van der Waals surface area contributed by atoms with Crippen molar-refractivity contribution in [2.45, 2.75) is 6.42 Å². The van der Waals surface area contributed by atoms with Gasteiger partial charge in [0.25, 0.3) is 0 Å². The molecule has 5 nitrogen and oxygen atoms in total. The quantitative estimate of drug-likeness (QED) is 0.717. The molecule has 3 N–H and O–H groups in total. The van der Waals surface area contributed by atoms with E-state index in [-0.39, 0.29) is 11.6 Å². The van der Waals surface area contributed by atoms with Crippen LogP contribution in [0.1, 0.15) is 6.42 Å². The van der Waals surface area contributed by atoms with E-state index in [1.54, 1.807) is 6.07 Å². The summed E-state index contributed by atoms with van der Waals surface area (Å²) in [6.45, 7) is 0. The predicted molar refractivity (Wildman–Crippen MR) is 52.5 cm³/mol. The number of anilines is 2. The van der Waals surface area contributed by atoms with E-state index in [1.165, 1.54) is 12.3 Å². The van der Waals surface area contributed by atoms with Crippen molar-refractivity contribution in [2.24, 2.45) is 0 Å². The number of nitriles is 1. The molecule has 0 aromatic carbocycles. The van der Waals surface area contributed by atoms with Crippen molar-refractivity contribution < 1.29 is 4.79 Å². The topological polar surface area (TPSA) is 91.8 Å². The first-order valence-electron chi connectivity index (χ1n) is 3.71. The Kier molecular flexibility index (Phi) is 3.26. The fraction of sp³-hybridized carbons (Fsp3) is 0.125. The summed E-state index contributed by atoms with van der Waals surface area (Å²) in [5, 5.41) is 10.9. The van der Waals surface area contributed by atoms with E-state index in [9.17, 15) is 4.79 Å². The van der Waals surface area contributed by atoms with Gasteiger partial charge in [0, 0.05) is 6.07 Å². The van der Waals surface area contributed by atoms with Crippen LogP contribution in [-0.2, 0) is 4.79 Å². The van der Waals surface area contributed by atoms with Crippen molar-refractivity contribution in [3.05, 3.63) is 17.4 Å². The number of nitrogens with two attached hydrogens (primary N) is 1. The molecule has 1 aromatic heterocycles. The zero-order chi connectivity index (χ0) is 10.6. The number of halogens is 1. The number of carbonyl (C=O) groups is 1. The van der Waals surface area contributed by atoms with Crippen LogP contribution in [0.3, 0.4) is 0 Å². The summed E-state index contributed by atoms with van der Waals surface area (Å²) in [5.74, 6) is -0.427. The molecule has 0 spiro atoms. The molecule has 0 radical (unpaired) electrons. The van der Waals surface area contributed by atoms with Gasteiger partial charge in [0.05, 0.1) is 23.6 Å². The molecule has 1 amide bonds. The number of aromatic nitrogens is 1. The second kappa shape index (κ2) is 4.44. The lowest BCUT2D eigenvalue weighted by Crippen LogP contribution is -2.11. The zero-order valence-corrected chi connectivity index (χ0v) is 7.88. The second-order valence-corrected chi connectivity index (χ2v) is 2.86. The number of nitrogens with one attached hydrogen (secondary N) is 1. The van der Waals surface area contributed by atoms with E-state index >= 15 is 0 Å². The van der Waals surface area contributed by atoms with Gasteiger partial charge in [0.1, 0.15) is 11.6 Å². The van der Waals surface area contributed by atoms with Gasteiger partial charge in [-0.15, -0.1) is 0 Å². The van der Waals surface area contributed by atoms with Crippen molar-refractivity contribution in [3.8, 4) is 6.07 Å². The Morgan fingerprint density at radius 3 is 3.07 bits per heavy atom. The van der Waals surface area contributed by atoms with Gasteiger partial charge < -0.3 is 11.1 Å². The third-order valence-electron chi connectivity index (χ3n) is 1.42. The van der Waals surface area contributed by atoms with Gasteiger partial charge in [-0.05, 0) is 0 Å². The van der Waals surface area contributed by atoms with Gasteiger partial charge >= 0.3 is 0 Å². The SMILES string of the molecule is N#CCC(=O)Nc1cnc(Cl)cc1N. The van der Waals surface area contributed by atoms with Crippen molar-refractivity contribution in [1.29, 1.82) is 5.26 Å². The zero-order valence-electron chi connectivity index (χ0n) is 7.12. The van der Waals surface area contributed by atoms with Crippen LogP contribution >= 0.6 is 11.6 Å². The number of pyridine rings is 1. The van der Waals surface area contributed by atoms with Gasteiger partial charge in [-0.1, -0.05) is 11.6 Å². The summed E-state index contributed by atoms with van der Waals surface area (Å²) in [6.07, 6.45) is 1.12. The van der Waals surface area contributed by atoms with E-state index in [0.717, 1.165) is 0 Å². The first-order chi connectivity index (χ1) is 6.63. The molecule has 14 heavy (non-hydrogen) atoms. The molecule has 0 atom stereocenters. The first-order valence-corrected chi connectivity index (χ1v) is 4.09. The van der Waals surface area contributed by atoms with Crippen LogP contribution in [0.5, 0.6) is 0 Å².